The zero-order chi connectivity index (χ0) is 9.50. The molecular weight excluding hydrogens is 339 g/mol. The fourth-order valence-corrected chi connectivity index (χ4v) is 3.88. The first-order chi connectivity index (χ1) is 4.50. The predicted octanol–water partition coefficient (Wildman–Crippen LogP) is 5.97. The molecule has 0 aromatic heterocycles. The van der Waals surface area contributed by atoms with Gasteiger partial charge in [0.1, 0.15) is 33.7 Å². The molecule has 9 heteroatoms. The average Bonchev–Trinajstić information content (AvgIpc) is 1.58. The van der Waals surface area contributed by atoms with Gasteiger partial charge in [0, 0.05) is 0 Å². The van der Waals surface area contributed by atoms with Gasteiger partial charge in [0.15, 0.2) is 0 Å². The lowest BCUT2D eigenvalue weighted by Crippen LogP contribution is -2.28. The third kappa shape index (κ3) is 3.42. The molecule has 0 unspecified atom stereocenters. The minimum atomic E-state index is -3.19. The molecule has 68 valence electrons. The van der Waals surface area contributed by atoms with Crippen molar-refractivity contribution < 1.29 is 0 Å². The molecule has 0 amide bonds. The fourth-order valence-electron chi connectivity index (χ4n) is 0.144. The van der Waals surface area contributed by atoms with Crippen LogP contribution < -0.4 is 0 Å². The van der Waals surface area contributed by atoms with Gasteiger partial charge in [-0.05, 0) is 23.2 Å². The van der Waals surface area contributed by atoms with Gasteiger partial charge in [0.2, 0.25) is 0 Å². The molecule has 11 heavy (non-hydrogen) atoms. The van der Waals surface area contributed by atoms with Gasteiger partial charge >= 0.3 is 9.39 Å². The minimum Gasteiger partial charge on any atom is -0.0759 e. The van der Waals surface area contributed by atoms with E-state index < -0.39 is 13.2 Å². The number of halogens is 8. The lowest BCUT2D eigenvalue weighted by Gasteiger charge is -2.24. The van der Waals surface area contributed by atoms with Crippen molar-refractivity contribution in [3.8, 4) is 0 Å². The van der Waals surface area contributed by atoms with Gasteiger partial charge in [-0.25, -0.2) is 0 Å². The monoisotopic (exact) mass is 335 g/mol. The molecule has 0 heterocycles. The Morgan fingerprint density at radius 2 is 1.00 bits per heavy atom. The van der Waals surface area contributed by atoms with Crippen molar-refractivity contribution in [2.24, 2.45) is 0 Å². The molecule has 0 N–H and O–H groups in total. The Bertz CT molecular complexity index is 123. The summed E-state index contributed by atoms with van der Waals surface area (Å²) in [6.45, 7) is 0. The SMILES string of the molecule is ClC(Cl)(Cl)C(Cl)(Cl)[P+](Cl)(Cl)Cl. The van der Waals surface area contributed by atoms with Crippen molar-refractivity contribution in [3.63, 3.8) is 0 Å². The van der Waals surface area contributed by atoms with E-state index in [1.807, 2.05) is 0 Å². The van der Waals surface area contributed by atoms with E-state index in [1.54, 1.807) is 0 Å². The topological polar surface area (TPSA) is 0 Å². The first-order valence-corrected chi connectivity index (χ1v) is 8.32. The van der Waals surface area contributed by atoms with Crippen LogP contribution in [0.3, 0.4) is 0 Å². The first kappa shape index (κ1) is 13.8. The summed E-state index contributed by atoms with van der Waals surface area (Å²) in [6, 6.07) is 0. The highest BCUT2D eigenvalue weighted by atomic mass is 36.1. The fraction of sp³-hybridized carbons (Fsp3) is 1.00. The number of alkyl halides is 5. The summed E-state index contributed by atoms with van der Waals surface area (Å²) in [5.74, 6) is 0. The summed E-state index contributed by atoms with van der Waals surface area (Å²) < 4.78 is -4.00. The molecular formula is C2Cl8P+. The second-order valence-electron chi connectivity index (χ2n) is 1.48. The first-order valence-electron chi connectivity index (χ1n) is 1.93. The Kier molecular flexibility index (Phi) is 5.11. The molecule has 0 aromatic rings. The van der Waals surface area contributed by atoms with Gasteiger partial charge in [0.05, 0.1) is 0 Å². The smallest absolute Gasteiger partial charge is 0.0759 e. The molecule has 0 nitrogen and oxygen atoms in total. The molecule has 0 spiro atoms. The van der Waals surface area contributed by atoms with E-state index in [-0.39, 0.29) is 0 Å². The number of hydrogen-bond donors (Lipinski definition) is 0. The van der Waals surface area contributed by atoms with Gasteiger partial charge < -0.3 is 0 Å². The minimum absolute atomic E-state index is 1.98. The van der Waals surface area contributed by atoms with E-state index in [2.05, 4.69) is 0 Å². The van der Waals surface area contributed by atoms with Crippen molar-refractivity contribution in [2.45, 2.75) is 7.87 Å². The van der Waals surface area contributed by atoms with E-state index in [1.165, 1.54) is 0 Å². The van der Waals surface area contributed by atoms with Crippen molar-refractivity contribution in [3.05, 3.63) is 0 Å². The standard InChI is InChI=1S/C2Cl8P/c3-1(4,5)2(6,7)11(8,9)10/q+1. The van der Waals surface area contributed by atoms with Gasteiger partial charge in [0.25, 0.3) is 3.79 Å². The quantitative estimate of drug-likeness (QED) is 0.408. The maximum Gasteiger partial charge on any atom is 0.348 e. The maximum atomic E-state index is 5.51. The second-order valence-corrected chi connectivity index (χ2v) is 13.3. The van der Waals surface area contributed by atoms with Crippen molar-refractivity contribution in [1.29, 1.82) is 0 Å². The molecule has 0 saturated carbocycles. The third-order valence-electron chi connectivity index (χ3n) is 0.659. The number of hydrogen-bond acceptors (Lipinski definition) is 0. The van der Waals surface area contributed by atoms with E-state index in [0.717, 1.165) is 0 Å². The van der Waals surface area contributed by atoms with Gasteiger partial charge in [-0.1, -0.05) is 34.8 Å². The van der Waals surface area contributed by atoms with E-state index in [9.17, 15) is 0 Å². The van der Waals surface area contributed by atoms with Crippen LogP contribution in [0.4, 0.5) is 0 Å². The van der Waals surface area contributed by atoms with E-state index in [4.69, 9.17) is 91.7 Å². The van der Waals surface area contributed by atoms with Crippen LogP contribution in [-0.2, 0) is 0 Å². The molecule has 0 aliphatic heterocycles. The van der Waals surface area contributed by atoms with Crippen LogP contribution in [0.15, 0.2) is 0 Å². The number of rotatable bonds is 1. The molecule has 0 aliphatic carbocycles. The van der Waals surface area contributed by atoms with E-state index >= 15 is 0 Å². The third-order valence-corrected chi connectivity index (χ3v) is 9.39. The summed E-state index contributed by atoms with van der Waals surface area (Å²) in [6.07, 6.45) is 0. The Balaban J connectivity index is 4.75. The molecule has 0 rings (SSSR count). The molecule has 0 aromatic carbocycles. The summed E-state index contributed by atoms with van der Waals surface area (Å²) in [4.78, 5) is 0. The maximum absolute atomic E-state index is 5.51. The summed E-state index contributed by atoms with van der Waals surface area (Å²) in [7, 11) is 0. The van der Waals surface area contributed by atoms with Gasteiger partial charge in [-0.3, -0.25) is 0 Å². The van der Waals surface area contributed by atoms with Crippen LogP contribution in [0.5, 0.6) is 0 Å². The predicted molar refractivity (Wildman–Crippen MR) is 59.2 cm³/mol. The highest BCUT2D eigenvalue weighted by Gasteiger charge is 2.68. The van der Waals surface area contributed by atoms with Crippen LogP contribution in [0.2, 0.25) is 0 Å². The zero-order valence-electron chi connectivity index (χ0n) is 4.47. The van der Waals surface area contributed by atoms with Crippen LogP contribution in [0.1, 0.15) is 0 Å². The zero-order valence-corrected chi connectivity index (χ0v) is 11.4. The Labute approximate surface area is 104 Å². The van der Waals surface area contributed by atoms with Crippen LogP contribution >= 0.6 is 97.0 Å². The van der Waals surface area contributed by atoms with Crippen molar-refractivity contribution in [1.82, 2.24) is 0 Å². The van der Waals surface area contributed by atoms with Crippen molar-refractivity contribution in [2.75, 3.05) is 0 Å². The van der Waals surface area contributed by atoms with Crippen LogP contribution in [0.25, 0.3) is 0 Å². The van der Waals surface area contributed by atoms with Crippen LogP contribution in [0, 0.1) is 0 Å². The average molecular weight is 339 g/mol. The normalized spacial score (nSPS) is 15.3. The van der Waals surface area contributed by atoms with Crippen molar-refractivity contribution >= 4 is 97.0 Å². The summed E-state index contributed by atoms with van der Waals surface area (Å²) >= 11 is 43.4. The lowest BCUT2D eigenvalue weighted by molar-refractivity contribution is 1.11. The summed E-state index contributed by atoms with van der Waals surface area (Å²) in [5.41, 5.74) is 0. The highest BCUT2D eigenvalue weighted by molar-refractivity contribution is 8.34. The molecule has 0 saturated heterocycles. The molecule has 0 fully saturated rings. The Morgan fingerprint density at radius 3 is 1.00 bits per heavy atom. The molecule has 0 aliphatic rings. The Morgan fingerprint density at radius 1 is 0.727 bits per heavy atom. The highest BCUT2D eigenvalue weighted by Crippen LogP contribution is 2.88. The van der Waals surface area contributed by atoms with Gasteiger partial charge in [-0.15, -0.1) is 0 Å². The van der Waals surface area contributed by atoms with Gasteiger partial charge in [-0.2, -0.15) is 0 Å². The van der Waals surface area contributed by atoms with E-state index in [0.29, 0.717) is 0 Å². The molecule has 0 atom stereocenters. The second kappa shape index (κ2) is 4.09. The summed E-state index contributed by atoms with van der Waals surface area (Å²) in [5, 5.41) is -3.19. The molecule has 0 bridgehead atoms. The molecule has 0 radical (unpaired) electrons. The Hall–Kier alpha value is 2.75. The largest absolute Gasteiger partial charge is 0.348 e. The van der Waals surface area contributed by atoms with Crippen LogP contribution in [-0.4, -0.2) is 7.87 Å². The lowest BCUT2D eigenvalue weighted by atomic mass is 10.9.